The number of anilines is 1. The fourth-order valence-corrected chi connectivity index (χ4v) is 2.54. The van der Waals surface area contributed by atoms with Crippen molar-refractivity contribution in [2.24, 2.45) is 0 Å². The van der Waals surface area contributed by atoms with E-state index in [1.807, 2.05) is 24.3 Å². The van der Waals surface area contributed by atoms with Gasteiger partial charge >= 0.3 is 0 Å². The molecule has 98 valence electrons. The Morgan fingerprint density at radius 1 is 1.16 bits per heavy atom. The van der Waals surface area contributed by atoms with Crippen molar-refractivity contribution in [1.82, 2.24) is 4.98 Å². The minimum absolute atomic E-state index is 0.00144. The molecule has 0 bridgehead atoms. The molecule has 19 heavy (non-hydrogen) atoms. The number of halogens is 3. The van der Waals surface area contributed by atoms with Crippen LogP contribution >= 0.6 is 34.8 Å². The lowest BCUT2D eigenvalue weighted by Crippen LogP contribution is -2.13. The molecule has 0 saturated carbocycles. The molecule has 3 rings (SSSR count). The molecule has 0 amide bonds. The SMILES string of the molecule is Clc1cc(Cl)c(NC2COc3ccccc32)nc1Cl. The van der Waals surface area contributed by atoms with E-state index in [4.69, 9.17) is 39.5 Å². The third-order valence-electron chi connectivity index (χ3n) is 2.90. The van der Waals surface area contributed by atoms with E-state index < -0.39 is 0 Å². The molecule has 1 aliphatic heterocycles. The highest BCUT2D eigenvalue weighted by atomic mass is 35.5. The largest absolute Gasteiger partial charge is 0.491 e. The summed E-state index contributed by atoms with van der Waals surface area (Å²) in [5.41, 5.74) is 1.08. The van der Waals surface area contributed by atoms with Gasteiger partial charge in [-0.3, -0.25) is 0 Å². The van der Waals surface area contributed by atoms with Crippen molar-refractivity contribution >= 4 is 40.6 Å². The molecule has 3 nitrogen and oxygen atoms in total. The second kappa shape index (κ2) is 5.08. The Morgan fingerprint density at radius 2 is 1.95 bits per heavy atom. The number of hydrogen-bond donors (Lipinski definition) is 1. The van der Waals surface area contributed by atoms with Crippen molar-refractivity contribution in [2.45, 2.75) is 6.04 Å². The van der Waals surface area contributed by atoms with E-state index in [0.717, 1.165) is 11.3 Å². The van der Waals surface area contributed by atoms with E-state index in [0.29, 0.717) is 22.5 Å². The summed E-state index contributed by atoms with van der Waals surface area (Å²) in [4.78, 5) is 4.14. The van der Waals surface area contributed by atoms with Gasteiger partial charge in [-0.1, -0.05) is 53.0 Å². The number of nitrogens with zero attached hydrogens (tertiary/aromatic N) is 1. The summed E-state index contributed by atoms with van der Waals surface area (Å²) < 4.78 is 5.58. The summed E-state index contributed by atoms with van der Waals surface area (Å²) in [7, 11) is 0. The van der Waals surface area contributed by atoms with Gasteiger partial charge in [0.15, 0.2) is 0 Å². The van der Waals surface area contributed by atoms with Crippen molar-refractivity contribution in [3.8, 4) is 5.75 Å². The maximum atomic E-state index is 6.10. The number of rotatable bonds is 2. The summed E-state index contributed by atoms with van der Waals surface area (Å²) in [5.74, 6) is 1.37. The topological polar surface area (TPSA) is 34.1 Å². The lowest BCUT2D eigenvalue weighted by atomic mass is 10.1. The number of ether oxygens (including phenoxy) is 1. The number of para-hydroxylation sites is 1. The van der Waals surface area contributed by atoms with Crippen molar-refractivity contribution in [3.63, 3.8) is 0 Å². The molecule has 1 unspecified atom stereocenters. The highest BCUT2D eigenvalue weighted by Crippen LogP contribution is 2.36. The van der Waals surface area contributed by atoms with Crippen LogP contribution in [0.5, 0.6) is 5.75 Å². The van der Waals surface area contributed by atoms with Crippen LogP contribution in [0.15, 0.2) is 30.3 Å². The third kappa shape index (κ3) is 2.46. The second-order valence-corrected chi connectivity index (χ2v) is 5.31. The molecule has 1 aromatic heterocycles. The molecule has 2 aromatic rings. The third-order valence-corrected chi connectivity index (χ3v) is 3.86. The van der Waals surface area contributed by atoms with Gasteiger partial charge in [-0.2, -0.15) is 0 Å². The van der Waals surface area contributed by atoms with Crippen LogP contribution in [-0.2, 0) is 0 Å². The minimum atomic E-state index is -0.00144. The van der Waals surface area contributed by atoms with Crippen molar-refractivity contribution < 1.29 is 4.74 Å². The smallest absolute Gasteiger partial charge is 0.150 e. The Labute approximate surface area is 125 Å². The minimum Gasteiger partial charge on any atom is -0.491 e. The van der Waals surface area contributed by atoms with Crippen molar-refractivity contribution in [1.29, 1.82) is 0 Å². The van der Waals surface area contributed by atoms with Crippen LogP contribution in [0, 0.1) is 0 Å². The van der Waals surface area contributed by atoms with E-state index in [2.05, 4.69) is 10.3 Å². The first-order chi connectivity index (χ1) is 9.15. The molecule has 0 spiro atoms. The van der Waals surface area contributed by atoms with Crippen LogP contribution in [0.3, 0.4) is 0 Å². The average Bonchev–Trinajstić information content (AvgIpc) is 2.80. The normalized spacial score (nSPS) is 16.9. The molecule has 1 aromatic carbocycles. The highest BCUT2D eigenvalue weighted by molar-refractivity contribution is 6.42. The Hall–Kier alpha value is -1.16. The second-order valence-electron chi connectivity index (χ2n) is 4.14. The van der Waals surface area contributed by atoms with E-state index in [1.54, 1.807) is 6.07 Å². The first-order valence-electron chi connectivity index (χ1n) is 5.65. The van der Waals surface area contributed by atoms with Crippen molar-refractivity contribution in [3.05, 3.63) is 51.1 Å². The fraction of sp³-hybridized carbons (Fsp3) is 0.154. The quantitative estimate of drug-likeness (QED) is 0.823. The molecule has 1 N–H and O–H groups in total. The van der Waals surface area contributed by atoms with Crippen LogP contribution in [0.1, 0.15) is 11.6 Å². The van der Waals surface area contributed by atoms with Gasteiger partial charge in [0.05, 0.1) is 16.1 Å². The summed E-state index contributed by atoms with van der Waals surface area (Å²) in [6.07, 6.45) is 0. The molecule has 1 atom stereocenters. The van der Waals surface area contributed by atoms with Gasteiger partial charge in [0.2, 0.25) is 0 Å². The summed E-state index contributed by atoms with van der Waals surface area (Å²) in [5, 5.41) is 4.21. The number of benzene rings is 1. The van der Waals surface area contributed by atoms with Gasteiger partial charge in [-0.15, -0.1) is 0 Å². The molecule has 6 heteroatoms. The first kappa shape index (κ1) is 12.9. The number of pyridine rings is 1. The number of hydrogen-bond acceptors (Lipinski definition) is 3. The first-order valence-corrected chi connectivity index (χ1v) is 6.78. The molecule has 0 fully saturated rings. The molecule has 2 heterocycles. The van der Waals surface area contributed by atoms with Crippen LogP contribution in [-0.4, -0.2) is 11.6 Å². The standard InChI is InChI=1S/C13H9Cl3N2O/c14-8-5-9(15)13(18-12(8)16)17-10-6-19-11-4-2-1-3-7(10)11/h1-5,10H,6H2,(H,17,18). The van der Waals surface area contributed by atoms with E-state index >= 15 is 0 Å². The van der Waals surface area contributed by atoms with Crippen LogP contribution in [0.4, 0.5) is 5.82 Å². The predicted octanol–water partition coefficient (Wildman–Crippen LogP) is 4.59. The zero-order chi connectivity index (χ0) is 13.4. The molecule has 1 aliphatic rings. The fourth-order valence-electron chi connectivity index (χ4n) is 1.99. The molecular weight excluding hydrogens is 307 g/mol. The van der Waals surface area contributed by atoms with Gasteiger partial charge < -0.3 is 10.1 Å². The molecular formula is C13H9Cl3N2O. The van der Waals surface area contributed by atoms with Crippen LogP contribution < -0.4 is 10.1 Å². The van der Waals surface area contributed by atoms with Crippen molar-refractivity contribution in [2.75, 3.05) is 11.9 Å². The maximum absolute atomic E-state index is 6.10. The number of nitrogens with one attached hydrogen (secondary N) is 1. The Balaban J connectivity index is 1.89. The Bertz CT molecular complexity index is 633. The van der Waals surface area contributed by atoms with Crippen LogP contribution in [0.2, 0.25) is 15.2 Å². The van der Waals surface area contributed by atoms with E-state index in [1.165, 1.54) is 0 Å². The Kier molecular flexibility index (Phi) is 3.44. The maximum Gasteiger partial charge on any atom is 0.150 e. The van der Waals surface area contributed by atoms with Gasteiger partial charge in [0, 0.05) is 5.56 Å². The average molecular weight is 316 g/mol. The monoisotopic (exact) mass is 314 g/mol. The lowest BCUT2D eigenvalue weighted by molar-refractivity contribution is 0.339. The summed E-state index contributed by atoms with van der Waals surface area (Å²) >= 11 is 17.8. The summed E-state index contributed by atoms with van der Waals surface area (Å²) in [6.45, 7) is 0.525. The molecule has 0 saturated heterocycles. The zero-order valence-corrected chi connectivity index (χ0v) is 11.9. The van der Waals surface area contributed by atoms with Gasteiger partial charge in [0.25, 0.3) is 0 Å². The Morgan fingerprint density at radius 3 is 2.79 bits per heavy atom. The molecule has 0 radical (unpaired) electrons. The lowest BCUT2D eigenvalue weighted by Gasteiger charge is -2.14. The number of aromatic nitrogens is 1. The van der Waals surface area contributed by atoms with E-state index in [9.17, 15) is 0 Å². The zero-order valence-electron chi connectivity index (χ0n) is 9.66. The predicted molar refractivity (Wildman–Crippen MR) is 77.6 cm³/mol. The van der Waals surface area contributed by atoms with Crippen LogP contribution in [0.25, 0.3) is 0 Å². The highest BCUT2D eigenvalue weighted by Gasteiger charge is 2.24. The van der Waals surface area contributed by atoms with Gasteiger partial charge in [-0.25, -0.2) is 4.98 Å². The van der Waals surface area contributed by atoms with E-state index in [-0.39, 0.29) is 11.2 Å². The van der Waals surface area contributed by atoms with Gasteiger partial charge in [-0.05, 0) is 12.1 Å². The van der Waals surface area contributed by atoms with Gasteiger partial charge in [0.1, 0.15) is 23.3 Å². The number of fused-ring (bicyclic) bond motifs is 1. The summed E-state index contributed by atoms with van der Waals surface area (Å²) in [6, 6.07) is 9.41. The molecule has 0 aliphatic carbocycles.